The molecule has 36 heavy (non-hydrogen) atoms. The summed E-state index contributed by atoms with van der Waals surface area (Å²) in [7, 11) is -6.35. The van der Waals surface area contributed by atoms with Crippen LogP contribution in [-0.2, 0) is 20.5 Å². The van der Waals surface area contributed by atoms with E-state index in [9.17, 15) is 26.2 Å². The zero-order valence-electron chi connectivity index (χ0n) is 20.3. The summed E-state index contributed by atoms with van der Waals surface area (Å²) in [5.41, 5.74) is 0.165. The number of halogens is 3. The lowest BCUT2D eigenvalue weighted by atomic mass is 10.0. The Balaban J connectivity index is 1.69. The third-order valence-electron chi connectivity index (χ3n) is 6.31. The maximum Gasteiger partial charge on any atom is 0.273 e. The SMILES string of the molecule is Cc1nc(N[C@H](C)c2cccc(C(C)(F)F)c2F)c2cc(P3(=O)CCN(S(C)(=O)=O)CC3)ncc2n1. The molecule has 0 saturated carbocycles. The van der Waals surface area contributed by atoms with Crippen molar-refractivity contribution in [1.82, 2.24) is 19.3 Å². The standard InChI is InChI=1S/C23H27F3N5O3PS/c1-14(16-6-5-7-18(21(16)24)23(3,25)26)28-22-17-12-20(27-13-19(17)29-15(2)30-22)35(32)10-8-31(9-11-35)36(4,33)34/h5-7,12-14H,8-11H2,1-4H3,(H,28,29,30)/t14-/m1/s1. The molecule has 2 aromatic heterocycles. The fourth-order valence-corrected chi connectivity index (χ4v) is 7.87. The molecule has 194 valence electrons. The fourth-order valence-electron chi connectivity index (χ4n) is 4.31. The number of hydrogen-bond acceptors (Lipinski definition) is 7. The van der Waals surface area contributed by atoms with E-state index in [1.807, 2.05) is 0 Å². The van der Waals surface area contributed by atoms with Gasteiger partial charge in [0.05, 0.1) is 29.6 Å². The largest absolute Gasteiger partial charge is 0.363 e. The molecule has 1 N–H and O–H groups in total. The number of fused-ring (bicyclic) bond motifs is 1. The Morgan fingerprint density at radius 2 is 1.86 bits per heavy atom. The Morgan fingerprint density at radius 3 is 2.47 bits per heavy atom. The first kappa shape index (κ1) is 26.5. The molecule has 8 nitrogen and oxygen atoms in total. The number of anilines is 1. The van der Waals surface area contributed by atoms with E-state index < -0.39 is 40.5 Å². The second-order valence-corrected chi connectivity index (χ2v) is 14.3. The summed E-state index contributed by atoms with van der Waals surface area (Å²) < 4.78 is 81.3. The first-order valence-corrected chi connectivity index (χ1v) is 15.2. The van der Waals surface area contributed by atoms with Crippen molar-refractivity contribution in [2.45, 2.75) is 32.7 Å². The van der Waals surface area contributed by atoms with Gasteiger partial charge in [-0.2, -0.15) is 0 Å². The number of sulfonamides is 1. The van der Waals surface area contributed by atoms with Crippen LogP contribution in [0.25, 0.3) is 10.9 Å². The lowest BCUT2D eigenvalue weighted by Crippen LogP contribution is -2.40. The normalized spacial score (nSPS) is 17.8. The molecule has 1 fully saturated rings. The predicted molar refractivity (Wildman–Crippen MR) is 133 cm³/mol. The second-order valence-electron chi connectivity index (χ2n) is 9.14. The number of aromatic nitrogens is 3. The predicted octanol–water partition coefficient (Wildman–Crippen LogP) is 4.02. The van der Waals surface area contributed by atoms with Crippen molar-refractivity contribution < 1.29 is 26.2 Å². The van der Waals surface area contributed by atoms with Crippen molar-refractivity contribution in [3.63, 3.8) is 0 Å². The maximum absolute atomic E-state index is 14.9. The molecular weight excluding hydrogens is 514 g/mol. The van der Waals surface area contributed by atoms with Crippen LogP contribution >= 0.6 is 7.14 Å². The number of nitrogens with one attached hydrogen (secondary N) is 1. The van der Waals surface area contributed by atoms with Crippen LogP contribution in [0.2, 0.25) is 0 Å². The van der Waals surface area contributed by atoms with E-state index in [0.29, 0.717) is 34.9 Å². The Labute approximate surface area is 207 Å². The first-order valence-electron chi connectivity index (χ1n) is 11.3. The van der Waals surface area contributed by atoms with Gasteiger partial charge in [0.2, 0.25) is 10.0 Å². The van der Waals surface area contributed by atoms with Crippen LogP contribution in [0.5, 0.6) is 0 Å². The Kier molecular flexibility index (Phi) is 6.91. The van der Waals surface area contributed by atoms with Gasteiger partial charge in [-0.25, -0.2) is 35.9 Å². The van der Waals surface area contributed by atoms with Gasteiger partial charge in [-0.15, -0.1) is 0 Å². The van der Waals surface area contributed by atoms with E-state index in [0.717, 1.165) is 12.3 Å². The van der Waals surface area contributed by atoms with E-state index in [1.165, 1.54) is 22.6 Å². The lowest BCUT2D eigenvalue weighted by molar-refractivity contribution is 0.0136. The third-order valence-corrected chi connectivity index (χ3v) is 10.5. The summed E-state index contributed by atoms with van der Waals surface area (Å²) >= 11 is 0. The van der Waals surface area contributed by atoms with Gasteiger partial charge in [0.1, 0.15) is 30.0 Å². The number of alkyl halides is 2. The van der Waals surface area contributed by atoms with Crippen molar-refractivity contribution >= 4 is 39.3 Å². The molecule has 0 bridgehead atoms. The summed E-state index contributed by atoms with van der Waals surface area (Å²) in [6.07, 6.45) is 2.93. The smallest absolute Gasteiger partial charge is 0.273 e. The molecular formula is C23H27F3N5O3PS. The first-order chi connectivity index (χ1) is 16.7. The van der Waals surface area contributed by atoms with Crippen molar-refractivity contribution in [2.75, 3.05) is 37.0 Å². The minimum absolute atomic E-state index is 0.0497. The van der Waals surface area contributed by atoms with Gasteiger partial charge in [0.25, 0.3) is 5.92 Å². The zero-order valence-corrected chi connectivity index (χ0v) is 22.0. The van der Waals surface area contributed by atoms with E-state index in [4.69, 9.17) is 0 Å². The summed E-state index contributed by atoms with van der Waals surface area (Å²) in [6.45, 7) is 4.22. The molecule has 0 radical (unpaired) electrons. The Morgan fingerprint density at radius 1 is 1.19 bits per heavy atom. The van der Waals surface area contributed by atoms with Crippen molar-refractivity contribution in [3.8, 4) is 0 Å². The zero-order chi connectivity index (χ0) is 26.5. The molecule has 3 aromatic rings. The van der Waals surface area contributed by atoms with Crippen LogP contribution in [0.1, 0.15) is 36.8 Å². The quantitative estimate of drug-likeness (QED) is 0.470. The van der Waals surface area contributed by atoms with Crippen molar-refractivity contribution in [3.05, 3.63) is 53.2 Å². The molecule has 1 aliphatic rings. The number of hydrogen-bond donors (Lipinski definition) is 1. The maximum atomic E-state index is 14.9. The number of pyridine rings is 1. The number of nitrogens with zero attached hydrogens (tertiary/aromatic N) is 4. The van der Waals surface area contributed by atoms with Crippen LogP contribution in [0.3, 0.4) is 0 Å². The van der Waals surface area contributed by atoms with Crippen LogP contribution in [0.4, 0.5) is 19.0 Å². The fraction of sp³-hybridized carbons (Fsp3) is 0.435. The molecule has 3 heterocycles. The van der Waals surface area contributed by atoms with Gasteiger partial charge in [-0.05, 0) is 19.9 Å². The van der Waals surface area contributed by atoms with Gasteiger partial charge < -0.3 is 9.88 Å². The minimum atomic E-state index is -3.38. The third kappa shape index (κ3) is 5.26. The van der Waals surface area contributed by atoms with Crippen molar-refractivity contribution in [2.24, 2.45) is 0 Å². The molecule has 1 aliphatic heterocycles. The minimum Gasteiger partial charge on any atom is -0.363 e. The van der Waals surface area contributed by atoms with E-state index >= 15 is 0 Å². The molecule has 4 rings (SSSR count). The highest BCUT2D eigenvalue weighted by Gasteiger charge is 2.35. The number of rotatable bonds is 6. The second kappa shape index (κ2) is 9.39. The summed E-state index contributed by atoms with van der Waals surface area (Å²) in [6, 6.07) is 4.76. The monoisotopic (exact) mass is 541 g/mol. The van der Waals surface area contributed by atoms with Gasteiger partial charge in [-0.1, -0.05) is 18.2 Å². The molecule has 1 saturated heterocycles. The van der Waals surface area contributed by atoms with Crippen molar-refractivity contribution in [1.29, 1.82) is 0 Å². The van der Waals surface area contributed by atoms with Crippen LogP contribution in [0.15, 0.2) is 30.5 Å². The molecule has 0 amide bonds. The molecule has 0 unspecified atom stereocenters. The summed E-state index contributed by atoms with van der Waals surface area (Å²) in [5.74, 6) is -3.60. The van der Waals surface area contributed by atoms with Gasteiger partial charge >= 0.3 is 0 Å². The highest BCUT2D eigenvalue weighted by Crippen LogP contribution is 2.46. The molecule has 13 heteroatoms. The number of benzene rings is 1. The molecule has 0 aliphatic carbocycles. The van der Waals surface area contributed by atoms with Gasteiger partial charge in [0.15, 0.2) is 0 Å². The summed E-state index contributed by atoms with van der Waals surface area (Å²) in [5, 5.41) is 3.59. The number of aryl methyl sites for hydroxylation is 1. The van der Waals surface area contributed by atoms with E-state index in [-0.39, 0.29) is 31.0 Å². The highest BCUT2D eigenvalue weighted by molar-refractivity contribution is 7.88. The molecule has 1 atom stereocenters. The van der Waals surface area contributed by atoms with E-state index in [2.05, 4.69) is 20.3 Å². The Bertz CT molecular complexity index is 1470. The van der Waals surface area contributed by atoms with E-state index in [1.54, 1.807) is 19.9 Å². The van der Waals surface area contributed by atoms with Gasteiger partial charge in [0, 0.05) is 43.3 Å². The van der Waals surface area contributed by atoms with Crippen LogP contribution in [-0.4, -0.2) is 59.3 Å². The molecule has 0 spiro atoms. The van der Waals surface area contributed by atoms with Gasteiger partial charge in [-0.3, -0.25) is 4.98 Å². The lowest BCUT2D eigenvalue weighted by Gasteiger charge is -2.30. The Hall–Kier alpha value is -2.56. The topological polar surface area (TPSA) is 105 Å². The average Bonchev–Trinajstić information content (AvgIpc) is 2.77. The molecule has 1 aromatic carbocycles. The van der Waals surface area contributed by atoms with Crippen LogP contribution in [0, 0.1) is 12.7 Å². The highest BCUT2D eigenvalue weighted by atomic mass is 32.2. The average molecular weight is 542 g/mol. The summed E-state index contributed by atoms with van der Waals surface area (Å²) in [4.78, 5) is 13.2. The van der Waals surface area contributed by atoms with Crippen LogP contribution < -0.4 is 10.8 Å².